The molecule has 0 unspecified atom stereocenters. The van der Waals surface area contributed by atoms with E-state index in [4.69, 9.17) is 11.6 Å². The average Bonchev–Trinajstić information content (AvgIpc) is 3.01. The van der Waals surface area contributed by atoms with Crippen molar-refractivity contribution in [2.45, 2.75) is 6.54 Å². The lowest BCUT2D eigenvalue weighted by Gasteiger charge is -2.34. The minimum Gasteiger partial charge on any atom is -0.350 e. The molecule has 0 saturated carbocycles. The summed E-state index contributed by atoms with van der Waals surface area (Å²) in [5.41, 5.74) is 3.03. The molecule has 146 valence electrons. The number of nitrogens with one attached hydrogen (secondary N) is 1. The minimum atomic E-state index is -0.498. The van der Waals surface area contributed by atoms with E-state index in [1.165, 1.54) is 34.7 Å². The number of aryl methyl sites for hydroxylation is 1. The van der Waals surface area contributed by atoms with Crippen LogP contribution in [0, 0.1) is 5.82 Å². The van der Waals surface area contributed by atoms with Crippen LogP contribution < -0.4 is 5.32 Å². The molecule has 1 fully saturated rings. The van der Waals surface area contributed by atoms with Crippen LogP contribution in [-0.4, -0.2) is 46.6 Å². The molecule has 0 atom stereocenters. The third-order valence-electron chi connectivity index (χ3n) is 5.20. The minimum absolute atomic E-state index is 0.00212. The van der Waals surface area contributed by atoms with Crippen LogP contribution in [0.15, 0.2) is 48.7 Å². The summed E-state index contributed by atoms with van der Waals surface area (Å²) >= 11 is 5.77. The van der Waals surface area contributed by atoms with E-state index in [1.807, 2.05) is 0 Å². The van der Waals surface area contributed by atoms with E-state index in [9.17, 15) is 9.18 Å². The zero-order chi connectivity index (χ0) is 19.7. The molecule has 1 aliphatic heterocycles. The molecule has 28 heavy (non-hydrogen) atoms. The summed E-state index contributed by atoms with van der Waals surface area (Å²) in [6.07, 6.45) is 2.18. The van der Waals surface area contributed by atoms with Crippen LogP contribution in [0.5, 0.6) is 0 Å². The van der Waals surface area contributed by atoms with Gasteiger partial charge < -0.3 is 14.8 Å². The number of hydrogen-bond acceptors (Lipinski definition) is 2. The van der Waals surface area contributed by atoms with Gasteiger partial charge in [0.15, 0.2) is 0 Å². The largest absolute Gasteiger partial charge is 0.350 e. The summed E-state index contributed by atoms with van der Waals surface area (Å²) in [5.74, 6) is -0.498. The number of halogens is 2. The molecule has 1 aliphatic rings. The predicted molar refractivity (Wildman–Crippen MR) is 110 cm³/mol. The van der Waals surface area contributed by atoms with Crippen molar-refractivity contribution in [3.8, 4) is 0 Å². The van der Waals surface area contributed by atoms with E-state index >= 15 is 0 Å². The molecule has 3 aromatic rings. The van der Waals surface area contributed by atoms with Gasteiger partial charge >= 0.3 is 6.03 Å². The van der Waals surface area contributed by atoms with Crippen molar-refractivity contribution < 1.29 is 9.18 Å². The van der Waals surface area contributed by atoms with Crippen LogP contribution in [0.2, 0.25) is 5.02 Å². The van der Waals surface area contributed by atoms with Gasteiger partial charge in [-0.1, -0.05) is 29.8 Å². The van der Waals surface area contributed by atoms with Gasteiger partial charge in [-0.3, -0.25) is 4.90 Å². The molecule has 1 N–H and O–H groups in total. The quantitative estimate of drug-likeness (QED) is 0.711. The number of carbonyl (C=O) groups excluding carboxylic acids is 1. The molecular formula is C21H22ClFN4O. The number of piperazine rings is 1. The fourth-order valence-electron chi connectivity index (χ4n) is 3.68. The molecule has 1 saturated heterocycles. The van der Waals surface area contributed by atoms with Crippen molar-refractivity contribution in [2.24, 2.45) is 7.05 Å². The molecule has 2 heterocycles. The highest BCUT2D eigenvalue weighted by Gasteiger charge is 2.22. The van der Waals surface area contributed by atoms with Crippen molar-refractivity contribution in [1.82, 2.24) is 14.4 Å². The topological polar surface area (TPSA) is 40.5 Å². The van der Waals surface area contributed by atoms with E-state index in [0.29, 0.717) is 18.8 Å². The van der Waals surface area contributed by atoms with E-state index in [-0.39, 0.29) is 11.1 Å². The van der Waals surface area contributed by atoms with Gasteiger partial charge in [0.05, 0.1) is 5.02 Å². The number of anilines is 1. The van der Waals surface area contributed by atoms with E-state index in [0.717, 1.165) is 19.6 Å². The standard InChI is InChI=1S/C21H22ClFN4O/c1-25-13-15(17-4-2-3-5-20(17)25)14-26-8-10-27(11-9-26)21(28)24-16-6-7-19(23)18(22)12-16/h2-7,12-13H,8-11,14H2,1H3,(H,24,28). The summed E-state index contributed by atoms with van der Waals surface area (Å²) < 4.78 is 15.4. The fraction of sp³-hybridized carbons (Fsp3) is 0.286. The first-order valence-corrected chi connectivity index (χ1v) is 9.65. The van der Waals surface area contributed by atoms with Gasteiger partial charge in [-0.25, -0.2) is 9.18 Å². The molecule has 4 rings (SSSR count). The molecular weight excluding hydrogens is 379 g/mol. The van der Waals surface area contributed by atoms with Gasteiger partial charge in [-0.05, 0) is 29.8 Å². The Hall–Kier alpha value is -2.57. The number of nitrogens with zero attached hydrogens (tertiary/aromatic N) is 3. The number of carbonyl (C=O) groups is 1. The van der Waals surface area contributed by atoms with Crippen LogP contribution >= 0.6 is 11.6 Å². The second-order valence-electron chi connectivity index (χ2n) is 7.10. The monoisotopic (exact) mass is 400 g/mol. The molecule has 0 radical (unpaired) electrons. The number of aromatic nitrogens is 1. The Balaban J connectivity index is 1.35. The van der Waals surface area contributed by atoms with Crippen molar-refractivity contribution in [1.29, 1.82) is 0 Å². The number of fused-ring (bicyclic) bond motifs is 1. The van der Waals surface area contributed by atoms with Crippen LogP contribution in [-0.2, 0) is 13.6 Å². The Morgan fingerprint density at radius 1 is 1.14 bits per heavy atom. The molecule has 2 amide bonds. The molecule has 0 spiro atoms. The third-order valence-corrected chi connectivity index (χ3v) is 5.49. The fourth-order valence-corrected chi connectivity index (χ4v) is 3.86. The highest BCUT2D eigenvalue weighted by Crippen LogP contribution is 2.23. The van der Waals surface area contributed by atoms with E-state index < -0.39 is 5.82 Å². The first-order valence-electron chi connectivity index (χ1n) is 9.27. The first kappa shape index (κ1) is 18.8. The molecule has 0 bridgehead atoms. The molecule has 1 aromatic heterocycles. The van der Waals surface area contributed by atoms with Gasteiger partial charge in [-0.2, -0.15) is 0 Å². The highest BCUT2D eigenvalue weighted by atomic mass is 35.5. The SMILES string of the molecule is Cn1cc(CN2CCN(C(=O)Nc3ccc(F)c(Cl)c3)CC2)c2ccccc21. The van der Waals surface area contributed by atoms with Gasteiger partial charge in [0.25, 0.3) is 0 Å². The molecule has 0 aliphatic carbocycles. The Bertz CT molecular complexity index is 1010. The number of para-hydroxylation sites is 1. The second-order valence-corrected chi connectivity index (χ2v) is 7.51. The summed E-state index contributed by atoms with van der Waals surface area (Å²) in [5, 5.41) is 4.06. The maximum atomic E-state index is 13.2. The molecule has 2 aromatic carbocycles. The Morgan fingerprint density at radius 2 is 1.89 bits per heavy atom. The summed E-state index contributed by atoms with van der Waals surface area (Å²) in [4.78, 5) is 16.6. The number of rotatable bonds is 3. The molecule has 5 nitrogen and oxygen atoms in total. The number of urea groups is 1. The van der Waals surface area contributed by atoms with Crippen LogP contribution in [0.25, 0.3) is 10.9 Å². The highest BCUT2D eigenvalue weighted by molar-refractivity contribution is 6.31. The van der Waals surface area contributed by atoms with Crippen LogP contribution in [0.1, 0.15) is 5.56 Å². The van der Waals surface area contributed by atoms with E-state index in [1.54, 1.807) is 4.90 Å². The van der Waals surface area contributed by atoms with Gasteiger partial charge in [-0.15, -0.1) is 0 Å². The smallest absolute Gasteiger partial charge is 0.321 e. The van der Waals surface area contributed by atoms with Crippen molar-refractivity contribution >= 4 is 34.2 Å². The lowest BCUT2D eigenvalue weighted by molar-refractivity contribution is 0.143. The number of benzene rings is 2. The normalized spacial score (nSPS) is 15.2. The maximum Gasteiger partial charge on any atom is 0.321 e. The van der Waals surface area contributed by atoms with Crippen LogP contribution in [0.4, 0.5) is 14.9 Å². The van der Waals surface area contributed by atoms with Crippen LogP contribution in [0.3, 0.4) is 0 Å². The second kappa shape index (κ2) is 7.81. The lowest BCUT2D eigenvalue weighted by atomic mass is 10.1. The summed E-state index contributed by atoms with van der Waals surface area (Å²) in [6.45, 7) is 3.77. The lowest BCUT2D eigenvalue weighted by Crippen LogP contribution is -2.49. The Morgan fingerprint density at radius 3 is 2.64 bits per heavy atom. The molecule has 7 heteroatoms. The predicted octanol–water partition coefficient (Wildman–Crippen LogP) is 4.32. The Labute approximate surface area is 168 Å². The number of hydrogen-bond donors (Lipinski definition) is 1. The maximum absolute atomic E-state index is 13.2. The zero-order valence-corrected chi connectivity index (χ0v) is 16.4. The summed E-state index contributed by atoms with van der Waals surface area (Å²) in [7, 11) is 2.07. The number of amides is 2. The van der Waals surface area contributed by atoms with Gasteiger partial charge in [0.2, 0.25) is 0 Å². The zero-order valence-electron chi connectivity index (χ0n) is 15.7. The van der Waals surface area contributed by atoms with Gasteiger partial charge in [0, 0.05) is 62.6 Å². The van der Waals surface area contributed by atoms with Gasteiger partial charge in [0.1, 0.15) is 5.82 Å². The van der Waals surface area contributed by atoms with Crippen molar-refractivity contribution in [2.75, 3.05) is 31.5 Å². The van der Waals surface area contributed by atoms with Crippen molar-refractivity contribution in [3.05, 3.63) is 65.1 Å². The third kappa shape index (κ3) is 3.84. The van der Waals surface area contributed by atoms with Crippen molar-refractivity contribution in [3.63, 3.8) is 0 Å². The first-order chi connectivity index (χ1) is 13.5. The summed E-state index contributed by atoms with van der Waals surface area (Å²) in [6, 6.07) is 12.4. The van der Waals surface area contributed by atoms with E-state index in [2.05, 4.69) is 52.3 Å². The Kier molecular flexibility index (Phi) is 5.24. The average molecular weight is 401 g/mol.